The summed E-state index contributed by atoms with van der Waals surface area (Å²) < 4.78 is 5.05. The molecule has 0 aliphatic carbocycles. The number of ether oxygens (including phenoxy) is 1. The molecule has 0 amide bonds. The average molecular weight is 205 g/mol. The number of carbonyl (C=O) groups excluding carboxylic acids is 1. The third-order valence-corrected chi connectivity index (χ3v) is 1.95. The van der Waals surface area contributed by atoms with Gasteiger partial charge in [-0.25, -0.2) is 0 Å². The molecule has 3 heteroatoms. The summed E-state index contributed by atoms with van der Waals surface area (Å²) in [5, 5.41) is 0. The van der Waals surface area contributed by atoms with Crippen molar-refractivity contribution in [1.82, 2.24) is 4.90 Å². The molecule has 0 N–H and O–H groups in total. The van der Waals surface area contributed by atoms with Gasteiger partial charge in [0.05, 0.1) is 7.11 Å². The van der Waals surface area contributed by atoms with Crippen LogP contribution in [0, 0.1) is 0 Å². The first kappa shape index (κ1) is 11.3. The minimum absolute atomic E-state index is 0.655. The summed E-state index contributed by atoms with van der Waals surface area (Å²) in [6.45, 7) is 0. The second-order valence-electron chi connectivity index (χ2n) is 3.39. The quantitative estimate of drug-likeness (QED) is 0.554. The Bertz CT molecular complexity index is 352. The summed E-state index contributed by atoms with van der Waals surface area (Å²) in [4.78, 5) is 12.7. The number of nitrogens with zero attached hydrogens (tertiary/aromatic N) is 1. The normalized spacial score (nSPS) is 11.0. The van der Waals surface area contributed by atoms with Crippen LogP contribution >= 0.6 is 0 Å². The predicted octanol–water partition coefficient (Wildman–Crippen LogP) is 1.80. The smallest absolute Gasteiger partial charge is 0.152 e. The standard InChI is InChI=1S/C12H15NO2/c1-13(2)8-11(9-14)10-4-6-12(15-3)7-5-10/h4-9H,1-3H3. The molecule has 0 bridgehead atoms. The zero-order valence-electron chi connectivity index (χ0n) is 9.23. The Kier molecular flexibility index (Phi) is 3.92. The maximum absolute atomic E-state index is 10.9. The lowest BCUT2D eigenvalue weighted by Gasteiger charge is -2.08. The molecule has 0 atom stereocenters. The van der Waals surface area contributed by atoms with Crippen molar-refractivity contribution < 1.29 is 9.53 Å². The van der Waals surface area contributed by atoms with Gasteiger partial charge in [0.15, 0.2) is 6.29 Å². The van der Waals surface area contributed by atoms with Crippen molar-refractivity contribution >= 4 is 11.9 Å². The molecule has 0 saturated carbocycles. The van der Waals surface area contributed by atoms with Gasteiger partial charge in [0.25, 0.3) is 0 Å². The number of hydrogen-bond donors (Lipinski definition) is 0. The van der Waals surface area contributed by atoms with Crippen molar-refractivity contribution in [3.63, 3.8) is 0 Å². The van der Waals surface area contributed by atoms with Crippen LogP contribution in [0.4, 0.5) is 0 Å². The molecule has 0 heterocycles. The summed E-state index contributed by atoms with van der Waals surface area (Å²) in [5.41, 5.74) is 1.54. The van der Waals surface area contributed by atoms with Gasteiger partial charge in [-0.2, -0.15) is 0 Å². The number of aldehydes is 1. The van der Waals surface area contributed by atoms with Crippen molar-refractivity contribution in [2.24, 2.45) is 0 Å². The fraction of sp³-hybridized carbons (Fsp3) is 0.250. The summed E-state index contributed by atoms with van der Waals surface area (Å²) in [6, 6.07) is 7.40. The second-order valence-corrected chi connectivity index (χ2v) is 3.39. The predicted molar refractivity (Wildman–Crippen MR) is 60.7 cm³/mol. The zero-order valence-corrected chi connectivity index (χ0v) is 9.23. The van der Waals surface area contributed by atoms with Crippen LogP contribution in [0.5, 0.6) is 5.75 Å². The van der Waals surface area contributed by atoms with E-state index in [0.717, 1.165) is 17.6 Å². The Morgan fingerprint density at radius 1 is 1.27 bits per heavy atom. The Morgan fingerprint density at radius 2 is 1.87 bits per heavy atom. The van der Waals surface area contributed by atoms with E-state index in [1.807, 2.05) is 43.3 Å². The summed E-state index contributed by atoms with van der Waals surface area (Å²) in [6.07, 6.45) is 2.64. The molecule has 0 aliphatic heterocycles. The zero-order chi connectivity index (χ0) is 11.3. The van der Waals surface area contributed by atoms with Crippen molar-refractivity contribution in [1.29, 1.82) is 0 Å². The Labute approximate surface area is 90.0 Å². The lowest BCUT2D eigenvalue weighted by Crippen LogP contribution is -2.03. The van der Waals surface area contributed by atoms with Crippen molar-refractivity contribution in [2.45, 2.75) is 0 Å². The Morgan fingerprint density at radius 3 is 2.27 bits per heavy atom. The highest BCUT2D eigenvalue weighted by atomic mass is 16.5. The molecule has 0 radical (unpaired) electrons. The highest BCUT2D eigenvalue weighted by Crippen LogP contribution is 2.17. The van der Waals surface area contributed by atoms with Crippen LogP contribution in [0.1, 0.15) is 5.56 Å². The Balaban J connectivity index is 2.98. The first-order chi connectivity index (χ1) is 7.17. The van der Waals surface area contributed by atoms with Gasteiger partial charge < -0.3 is 9.64 Å². The van der Waals surface area contributed by atoms with Gasteiger partial charge in [-0.3, -0.25) is 4.79 Å². The van der Waals surface area contributed by atoms with Crippen LogP contribution in [0.25, 0.3) is 5.57 Å². The van der Waals surface area contributed by atoms with Crippen LogP contribution in [-0.2, 0) is 4.79 Å². The molecule has 0 aliphatic rings. The molecular formula is C12H15NO2. The third-order valence-electron chi connectivity index (χ3n) is 1.95. The molecule has 80 valence electrons. The van der Waals surface area contributed by atoms with E-state index < -0.39 is 0 Å². The van der Waals surface area contributed by atoms with Crippen LogP contribution in [0.3, 0.4) is 0 Å². The number of rotatable bonds is 4. The molecule has 3 nitrogen and oxygen atoms in total. The largest absolute Gasteiger partial charge is 0.497 e. The number of benzene rings is 1. The van der Waals surface area contributed by atoms with E-state index in [-0.39, 0.29) is 0 Å². The molecule has 0 fully saturated rings. The van der Waals surface area contributed by atoms with E-state index in [2.05, 4.69) is 0 Å². The number of hydrogen-bond acceptors (Lipinski definition) is 3. The van der Waals surface area contributed by atoms with E-state index in [4.69, 9.17) is 4.74 Å². The lowest BCUT2D eigenvalue weighted by atomic mass is 10.1. The Hall–Kier alpha value is -1.77. The summed E-state index contributed by atoms with van der Waals surface area (Å²) >= 11 is 0. The lowest BCUT2D eigenvalue weighted by molar-refractivity contribution is -0.103. The highest BCUT2D eigenvalue weighted by molar-refractivity contribution is 6.06. The fourth-order valence-corrected chi connectivity index (χ4v) is 1.23. The molecule has 1 aromatic carbocycles. The van der Waals surface area contributed by atoms with Crippen LogP contribution in [0.15, 0.2) is 30.5 Å². The van der Waals surface area contributed by atoms with Gasteiger partial charge in [-0.05, 0) is 17.7 Å². The summed E-state index contributed by atoms with van der Waals surface area (Å²) in [7, 11) is 5.38. The molecular weight excluding hydrogens is 190 g/mol. The van der Waals surface area contributed by atoms with Crippen molar-refractivity contribution in [3.8, 4) is 5.75 Å². The topological polar surface area (TPSA) is 29.5 Å². The molecule has 0 saturated heterocycles. The number of methoxy groups -OCH3 is 1. The monoisotopic (exact) mass is 205 g/mol. The minimum Gasteiger partial charge on any atom is -0.497 e. The van der Waals surface area contributed by atoms with Gasteiger partial charge in [-0.15, -0.1) is 0 Å². The molecule has 0 unspecified atom stereocenters. The first-order valence-corrected chi connectivity index (χ1v) is 4.65. The van der Waals surface area contributed by atoms with Gasteiger partial charge in [0.2, 0.25) is 0 Å². The second kappa shape index (κ2) is 5.20. The van der Waals surface area contributed by atoms with Crippen molar-refractivity contribution in [2.75, 3.05) is 21.2 Å². The number of carbonyl (C=O) groups is 1. The highest BCUT2D eigenvalue weighted by Gasteiger charge is 2.00. The van der Waals surface area contributed by atoms with E-state index in [0.29, 0.717) is 5.57 Å². The van der Waals surface area contributed by atoms with E-state index >= 15 is 0 Å². The van der Waals surface area contributed by atoms with Crippen LogP contribution in [0.2, 0.25) is 0 Å². The maximum Gasteiger partial charge on any atom is 0.152 e. The summed E-state index contributed by atoms with van der Waals surface area (Å²) in [5.74, 6) is 0.786. The van der Waals surface area contributed by atoms with Gasteiger partial charge in [-0.1, -0.05) is 12.1 Å². The van der Waals surface area contributed by atoms with E-state index in [1.165, 1.54) is 0 Å². The SMILES string of the molecule is COc1ccc(C(C=O)=CN(C)C)cc1. The third kappa shape index (κ3) is 3.13. The molecule has 0 spiro atoms. The molecule has 0 aromatic heterocycles. The van der Waals surface area contributed by atoms with Crippen molar-refractivity contribution in [3.05, 3.63) is 36.0 Å². The minimum atomic E-state index is 0.655. The first-order valence-electron chi connectivity index (χ1n) is 4.65. The average Bonchev–Trinajstić information content (AvgIpc) is 2.26. The van der Waals surface area contributed by atoms with Crippen LogP contribution in [-0.4, -0.2) is 32.4 Å². The van der Waals surface area contributed by atoms with E-state index in [1.54, 1.807) is 13.3 Å². The number of allylic oxidation sites excluding steroid dienone is 1. The van der Waals surface area contributed by atoms with Gasteiger partial charge >= 0.3 is 0 Å². The van der Waals surface area contributed by atoms with Gasteiger partial charge in [0.1, 0.15) is 5.75 Å². The fourth-order valence-electron chi connectivity index (χ4n) is 1.23. The van der Waals surface area contributed by atoms with Crippen LogP contribution < -0.4 is 4.74 Å². The molecule has 1 rings (SSSR count). The molecule has 1 aromatic rings. The molecule has 15 heavy (non-hydrogen) atoms. The maximum atomic E-state index is 10.9. The van der Waals surface area contributed by atoms with Gasteiger partial charge in [0, 0.05) is 25.9 Å². The van der Waals surface area contributed by atoms with E-state index in [9.17, 15) is 4.79 Å².